The largest absolute Gasteiger partial charge is 0.456 e. The molecule has 0 saturated heterocycles. The van der Waals surface area contributed by atoms with Crippen molar-refractivity contribution < 1.29 is 4.42 Å². The summed E-state index contributed by atoms with van der Waals surface area (Å²) in [4.78, 5) is 2.43. The van der Waals surface area contributed by atoms with Crippen molar-refractivity contribution >= 4 is 60.8 Å². The summed E-state index contributed by atoms with van der Waals surface area (Å²) in [6, 6.07) is 96.3. The fourth-order valence-electron chi connectivity index (χ4n) is 10.5. The van der Waals surface area contributed by atoms with Gasteiger partial charge in [0.2, 0.25) is 0 Å². The van der Waals surface area contributed by atoms with Crippen LogP contribution in [0.5, 0.6) is 0 Å². The molecule has 0 saturated carbocycles. The second-order valence-electron chi connectivity index (χ2n) is 17.6. The minimum atomic E-state index is 0.895. The van der Waals surface area contributed by atoms with Crippen LogP contribution >= 0.6 is 0 Å². The average molecular weight is 881 g/mol. The van der Waals surface area contributed by atoms with Gasteiger partial charge in [0.05, 0.1) is 16.7 Å². The number of nitrogens with zero attached hydrogens (tertiary/aromatic N) is 2. The average Bonchev–Trinajstić information content (AvgIpc) is 3.98. The van der Waals surface area contributed by atoms with Crippen LogP contribution in [0.1, 0.15) is 0 Å². The zero-order valence-corrected chi connectivity index (χ0v) is 37.7. The third kappa shape index (κ3) is 6.99. The number of anilines is 3. The second kappa shape index (κ2) is 16.9. The Morgan fingerprint density at radius 1 is 0.290 bits per heavy atom. The molecule has 0 atom stereocenters. The maximum atomic E-state index is 6.20. The number of fused-ring (bicyclic) bond motifs is 6. The Hall–Kier alpha value is -9.18. The van der Waals surface area contributed by atoms with E-state index in [9.17, 15) is 0 Å². The van der Waals surface area contributed by atoms with E-state index < -0.39 is 0 Å². The maximum Gasteiger partial charge on any atom is 0.135 e. The fourth-order valence-corrected chi connectivity index (χ4v) is 10.5. The number of para-hydroxylation sites is 4. The van der Waals surface area contributed by atoms with Crippen LogP contribution in [-0.4, -0.2) is 4.57 Å². The van der Waals surface area contributed by atoms with Crippen molar-refractivity contribution in [2.45, 2.75) is 0 Å². The first-order valence-electron chi connectivity index (χ1n) is 23.6. The molecule has 3 nitrogen and oxygen atoms in total. The fraction of sp³-hybridized carbons (Fsp3) is 0. The molecule has 0 spiro atoms. The van der Waals surface area contributed by atoms with Crippen LogP contribution in [0.2, 0.25) is 0 Å². The van der Waals surface area contributed by atoms with Gasteiger partial charge in [0.15, 0.2) is 0 Å². The van der Waals surface area contributed by atoms with Crippen molar-refractivity contribution in [2.75, 3.05) is 4.90 Å². The van der Waals surface area contributed by atoms with Gasteiger partial charge in [-0.3, -0.25) is 0 Å². The van der Waals surface area contributed by atoms with E-state index in [0.717, 1.165) is 72.5 Å². The zero-order chi connectivity index (χ0) is 45.7. The van der Waals surface area contributed by atoms with E-state index in [1.165, 1.54) is 49.6 Å². The van der Waals surface area contributed by atoms with E-state index in [-0.39, 0.29) is 0 Å². The lowest BCUT2D eigenvalue weighted by Gasteiger charge is -2.29. The lowest BCUT2D eigenvalue weighted by molar-refractivity contribution is 0.669. The summed E-state index contributed by atoms with van der Waals surface area (Å²) in [5.41, 5.74) is 20.2. The van der Waals surface area contributed by atoms with Gasteiger partial charge in [-0.1, -0.05) is 194 Å². The molecule has 13 rings (SSSR count). The number of hydrogen-bond acceptors (Lipinski definition) is 2. The van der Waals surface area contributed by atoms with Crippen molar-refractivity contribution in [1.82, 2.24) is 4.57 Å². The quantitative estimate of drug-likeness (QED) is 0.144. The molecule has 11 aromatic carbocycles. The van der Waals surface area contributed by atoms with E-state index in [1.807, 2.05) is 12.1 Å². The lowest BCUT2D eigenvalue weighted by atomic mass is 9.88. The molecule has 2 heterocycles. The summed E-state index contributed by atoms with van der Waals surface area (Å²) >= 11 is 0. The van der Waals surface area contributed by atoms with Crippen LogP contribution in [0.3, 0.4) is 0 Å². The van der Waals surface area contributed by atoms with Gasteiger partial charge < -0.3 is 13.9 Å². The van der Waals surface area contributed by atoms with Crippen molar-refractivity contribution in [3.63, 3.8) is 0 Å². The van der Waals surface area contributed by atoms with E-state index in [4.69, 9.17) is 4.42 Å². The summed E-state index contributed by atoms with van der Waals surface area (Å²) in [7, 11) is 0. The first kappa shape index (κ1) is 40.1. The number of benzene rings is 11. The SMILES string of the molecule is c1ccc(-c2ccccc2-c2ccccc2-c2ccccc2N(c2ccc(-c3ccc4oc5ccccc5c4c3)cc2)c2cccc(-c3cccc4c3c3ccccc3n4-c3ccccc3)c2)cc1. The number of aromatic nitrogens is 1. The molecule has 0 radical (unpaired) electrons. The molecule has 0 aliphatic heterocycles. The Balaban J connectivity index is 0.994. The van der Waals surface area contributed by atoms with Gasteiger partial charge in [-0.05, 0) is 123 Å². The van der Waals surface area contributed by atoms with Crippen LogP contribution in [0.15, 0.2) is 271 Å². The first-order valence-corrected chi connectivity index (χ1v) is 23.6. The third-order valence-corrected chi connectivity index (χ3v) is 13.6. The van der Waals surface area contributed by atoms with E-state index in [1.54, 1.807) is 0 Å². The van der Waals surface area contributed by atoms with Crippen molar-refractivity contribution in [3.8, 4) is 61.3 Å². The maximum absolute atomic E-state index is 6.20. The highest BCUT2D eigenvalue weighted by molar-refractivity contribution is 6.16. The monoisotopic (exact) mass is 880 g/mol. The minimum Gasteiger partial charge on any atom is -0.456 e. The Labute approximate surface area is 401 Å². The molecule has 0 unspecified atom stereocenters. The van der Waals surface area contributed by atoms with Crippen LogP contribution in [0, 0.1) is 0 Å². The summed E-state index contributed by atoms with van der Waals surface area (Å²) in [6.07, 6.45) is 0. The Morgan fingerprint density at radius 2 is 0.841 bits per heavy atom. The molecule has 0 aliphatic rings. The molecule has 2 aromatic heterocycles. The van der Waals surface area contributed by atoms with Gasteiger partial charge in [-0.15, -0.1) is 0 Å². The summed E-state index contributed by atoms with van der Waals surface area (Å²) in [6.45, 7) is 0. The summed E-state index contributed by atoms with van der Waals surface area (Å²) in [5.74, 6) is 0. The highest BCUT2D eigenvalue weighted by Crippen LogP contribution is 2.47. The molecule has 0 amide bonds. The molecule has 0 fully saturated rings. The number of rotatable bonds is 9. The van der Waals surface area contributed by atoms with E-state index in [0.29, 0.717) is 0 Å². The number of hydrogen-bond donors (Lipinski definition) is 0. The summed E-state index contributed by atoms with van der Waals surface area (Å²) < 4.78 is 8.60. The molecular weight excluding hydrogens is 837 g/mol. The van der Waals surface area contributed by atoms with Crippen molar-refractivity contribution in [1.29, 1.82) is 0 Å². The van der Waals surface area contributed by atoms with Gasteiger partial charge >= 0.3 is 0 Å². The lowest BCUT2D eigenvalue weighted by Crippen LogP contribution is -2.11. The van der Waals surface area contributed by atoms with Gasteiger partial charge in [-0.25, -0.2) is 0 Å². The Bertz CT molecular complexity index is 4010. The first-order chi connectivity index (χ1) is 34.2. The van der Waals surface area contributed by atoms with E-state index in [2.05, 4.69) is 264 Å². The van der Waals surface area contributed by atoms with Gasteiger partial charge in [0.25, 0.3) is 0 Å². The topological polar surface area (TPSA) is 21.3 Å². The van der Waals surface area contributed by atoms with Gasteiger partial charge in [-0.2, -0.15) is 0 Å². The molecule has 0 N–H and O–H groups in total. The van der Waals surface area contributed by atoms with Crippen LogP contribution in [-0.2, 0) is 0 Å². The molecule has 13 aromatic rings. The molecule has 324 valence electrons. The van der Waals surface area contributed by atoms with Crippen LogP contribution in [0.25, 0.3) is 105 Å². The van der Waals surface area contributed by atoms with Gasteiger partial charge in [0.1, 0.15) is 11.2 Å². The molecule has 69 heavy (non-hydrogen) atoms. The van der Waals surface area contributed by atoms with Crippen LogP contribution in [0.4, 0.5) is 17.1 Å². The molecule has 3 heteroatoms. The van der Waals surface area contributed by atoms with Gasteiger partial charge in [0, 0.05) is 44.2 Å². The molecule has 0 aliphatic carbocycles. The molecular formula is C66H44N2O. The third-order valence-electron chi connectivity index (χ3n) is 13.6. The zero-order valence-electron chi connectivity index (χ0n) is 37.7. The summed E-state index contributed by atoms with van der Waals surface area (Å²) in [5, 5.41) is 4.71. The number of furan rings is 1. The second-order valence-corrected chi connectivity index (χ2v) is 17.6. The highest BCUT2D eigenvalue weighted by Gasteiger charge is 2.22. The molecule has 0 bridgehead atoms. The van der Waals surface area contributed by atoms with Crippen molar-refractivity contribution in [2.24, 2.45) is 0 Å². The van der Waals surface area contributed by atoms with Crippen molar-refractivity contribution in [3.05, 3.63) is 267 Å². The standard InChI is InChI=1S/C66H44N2O/c1-3-19-46(20-4-1)52-25-7-8-26-54(52)55-27-9-10-28-56(55)57-29-11-14-33-61(57)67(50-40-37-45(38-41-50)47-39-42-65-60(44-47)58-30-13-16-36-64(58)69-65)51-24-17-21-48(43-51)53-32-18-35-63-66(53)59-31-12-15-34-62(59)68(63)49-22-5-2-6-23-49/h1-44H. The Morgan fingerprint density at radius 3 is 1.64 bits per heavy atom. The van der Waals surface area contributed by atoms with Crippen LogP contribution < -0.4 is 4.90 Å². The van der Waals surface area contributed by atoms with E-state index >= 15 is 0 Å². The predicted molar refractivity (Wildman–Crippen MR) is 290 cm³/mol. The predicted octanol–water partition coefficient (Wildman–Crippen LogP) is 18.5. The minimum absolute atomic E-state index is 0.895. The highest BCUT2D eigenvalue weighted by atomic mass is 16.3. The smallest absolute Gasteiger partial charge is 0.135 e. The normalized spacial score (nSPS) is 11.5. The Kier molecular flexibility index (Phi) is 9.84.